The Morgan fingerprint density at radius 2 is 2.00 bits per heavy atom. The average Bonchev–Trinajstić information content (AvgIpc) is 2.91. The van der Waals surface area contributed by atoms with Crippen molar-refractivity contribution in [3.8, 4) is 11.5 Å². The highest BCUT2D eigenvalue weighted by Gasteiger charge is 2.28. The van der Waals surface area contributed by atoms with Gasteiger partial charge in [0, 0.05) is 4.88 Å². The van der Waals surface area contributed by atoms with Crippen LogP contribution in [0.1, 0.15) is 11.0 Å². The van der Waals surface area contributed by atoms with Crippen LogP contribution in [0, 0.1) is 0 Å². The summed E-state index contributed by atoms with van der Waals surface area (Å²) in [6.07, 6.45) is -0.980. The molecule has 0 saturated carbocycles. The minimum absolute atomic E-state index is 0.344. The van der Waals surface area contributed by atoms with E-state index >= 15 is 0 Å². The fourth-order valence-corrected chi connectivity index (χ4v) is 2.60. The Morgan fingerprint density at radius 1 is 1.18 bits per heavy atom. The van der Waals surface area contributed by atoms with Crippen LogP contribution in [0.3, 0.4) is 0 Å². The molecule has 0 bridgehead atoms. The summed E-state index contributed by atoms with van der Waals surface area (Å²) in [4.78, 5) is 0.901. The van der Waals surface area contributed by atoms with E-state index in [0.717, 1.165) is 10.6 Å². The first kappa shape index (κ1) is 10.6. The van der Waals surface area contributed by atoms with Gasteiger partial charge in [-0.3, -0.25) is 0 Å². The molecule has 2 heterocycles. The van der Waals surface area contributed by atoms with Gasteiger partial charge in [0.25, 0.3) is 0 Å². The van der Waals surface area contributed by atoms with Gasteiger partial charge >= 0.3 is 0 Å². The van der Waals surface area contributed by atoms with Crippen molar-refractivity contribution in [2.75, 3.05) is 6.61 Å². The maximum Gasteiger partial charge on any atom is 0.163 e. The van der Waals surface area contributed by atoms with E-state index in [4.69, 9.17) is 9.47 Å². The topological polar surface area (TPSA) is 38.7 Å². The van der Waals surface area contributed by atoms with E-state index in [-0.39, 0.29) is 6.10 Å². The quantitative estimate of drug-likeness (QED) is 0.888. The smallest absolute Gasteiger partial charge is 0.163 e. The highest BCUT2D eigenvalue weighted by Crippen LogP contribution is 2.35. The maximum absolute atomic E-state index is 10.2. The van der Waals surface area contributed by atoms with Crippen molar-refractivity contribution in [3.05, 3.63) is 46.7 Å². The van der Waals surface area contributed by atoms with Crippen molar-refractivity contribution in [1.29, 1.82) is 0 Å². The van der Waals surface area contributed by atoms with Crippen molar-refractivity contribution in [3.63, 3.8) is 0 Å². The zero-order chi connectivity index (χ0) is 11.7. The van der Waals surface area contributed by atoms with Crippen molar-refractivity contribution >= 4 is 11.3 Å². The number of para-hydroxylation sites is 2. The van der Waals surface area contributed by atoms with E-state index in [1.807, 2.05) is 41.8 Å². The molecule has 1 aromatic carbocycles. The Morgan fingerprint density at radius 3 is 2.76 bits per heavy atom. The minimum Gasteiger partial charge on any atom is -0.486 e. The van der Waals surface area contributed by atoms with E-state index < -0.39 is 6.10 Å². The van der Waals surface area contributed by atoms with Crippen molar-refractivity contribution in [2.24, 2.45) is 0 Å². The summed E-state index contributed by atoms with van der Waals surface area (Å²) in [5, 5.41) is 12.1. The Labute approximate surface area is 103 Å². The second-order valence-corrected chi connectivity index (χ2v) is 4.85. The monoisotopic (exact) mass is 248 g/mol. The van der Waals surface area contributed by atoms with Gasteiger partial charge in [-0.2, -0.15) is 0 Å². The number of thiophene rings is 1. The van der Waals surface area contributed by atoms with Crippen LogP contribution in [-0.4, -0.2) is 17.8 Å². The highest BCUT2D eigenvalue weighted by molar-refractivity contribution is 7.10. The molecule has 3 rings (SSSR count). The summed E-state index contributed by atoms with van der Waals surface area (Å²) in [5.41, 5.74) is 0. The fourth-order valence-electron chi connectivity index (χ4n) is 1.83. The Hall–Kier alpha value is -1.52. The van der Waals surface area contributed by atoms with Crippen LogP contribution in [0.5, 0.6) is 11.5 Å². The van der Waals surface area contributed by atoms with Crippen LogP contribution in [0.2, 0.25) is 0 Å². The van der Waals surface area contributed by atoms with Crippen LogP contribution < -0.4 is 9.47 Å². The molecule has 17 heavy (non-hydrogen) atoms. The molecule has 0 spiro atoms. The molecule has 0 aliphatic carbocycles. The Bertz CT molecular complexity index is 495. The fraction of sp³-hybridized carbons (Fsp3) is 0.231. The number of aliphatic hydroxyl groups is 1. The van der Waals surface area contributed by atoms with Gasteiger partial charge in [-0.15, -0.1) is 11.3 Å². The van der Waals surface area contributed by atoms with Gasteiger partial charge in [0.1, 0.15) is 12.7 Å². The van der Waals surface area contributed by atoms with Gasteiger partial charge in [0.2, 0.25) is 0 Å². The number of ether oxygens (including phenoxy) is 2. The Balaban J connectivity index is 1.80. The molecule has 1 aliphatic rings. The van der Waals surface area contributed by atoms with Crippen LogP contribution in [0.25, 0.3) is 0 Å². The van der Waals surface area contributed by atoms with Crippen LogP contribution in [0.4, 0.5) is 0 Å². The third kappa shape index (κ3) is 2.01. The van der Waals surface area contributed by atoms with E-state index in [9.17, 15) is 5.11 Å². The molecule has 2 aromatic rings. The lowest BCUT2D eigenvalue weighted by Gasteiger charge is -2.29. The molecule has 88 valence electrons. The molecule has 1 N–H and O–H groups in total. The SMILES string of the molecule is OC(c1cccs1)C1COc2ccccc2O1. The third-order valence-corrected chi connectivity index (χ3v) is 3.66. The zero-order valence-corrected chi connectivity index (χ0v) is 9.89. The van der Waals surface area contributed by atoms with Gasteiger partial charge in [0.15, 0.2) is 17.6 Å². The standard InChI is InChI=1S/C13H12O3S/c14-13(12-6-3-7-17-12)11-8-15-9-4-1-2-5-10(9)16-11/h1-7,11,13-14H,8H2. The first-order valence-corrected chi connectivity index (χ1v) is 6.32. The van der Waals surface area contributed by atoms with E-state index in [2.05, 4.69) is 0 Å². The molecule has 1 aliphatic heterocycles. The molecule has 4 heteroatoms. The van der Waals surface area contributed by atoms with Crippen molar-refractivity contribution < 1.29 is 14.6 Å². The lowest BCUT2D eigenvalue weighted by Crippen LogP contribution is -2.34. The van der Waals surface area contributed by atoms with E-state index in [1.54, 1.807) is 0 Å². The molecule has 2 atom stereocenters. The second kappa shape index (κ2) is 4.39. The number of rotatable bonds is 2. The molecule has 0 radical (unpaired) electrons. The summed E-state index contributed by atoms with van der Waals surface area (Å²) in [5.74, 6) is 1.43. The normalized spacial score (nSPS) is 19.9. The molecule has 0 fully saturated rings. The number of fused-ring (bicyclic) bond motifs is 1. The number of aliphatic hydroxyl groups excluding tert-OH is 1. The van der Waals surface area contributed by atoms with Gasteiger partial charge in [-0.25, -0.2) is 0 Å². The first-order chi connectivity index (χ1) is 8.34. The van der Waals surface area contributed by atoms with Crippen LogP contribution >= 0.6 is 11.3 Å². The molecule has 0 amide bonds. The van der Waals surface area contributed by atoms with Gasteiger partial charge in [0.05, 0.1) is 0 Å². The molecule has 3 nitrogen and oxygen atoms in total. The van der Waals surface area contributed by atoms with Crippen molar-refractivity contribution in [2.45, 2.75) is 12.2 Å². The number of benzene rings is 1. The largest absolute Gasteiger partial charge is 0.486 e. The summed E-state index contributed by atoms with van der Waals surface area (Å²) >= 11 is 1.52. The Kier molecular flexibility index (Phi) is 2.74. The van der Waals surface area contributed by atoms with Crippen molar-refractivity contribution in [1.82, 2.24) is 0 Å². The predicted molar refractivity (Wildman–Crippen MR) is 65.6 cm³/mol. The maximum atomic E-state index is 10.2. The van der Waals surface area contributed by atoms with Crippen LogP contribution in [-0.2, 0) is 0 Å². The molecule has 1 aromatic heterocycles. The third-order valence-electron chi connectivity index (χ3n) is 2.72. The minimum atomic E-state index is -0.636. The lowest BCUT2D eigenvalue weighted by atomic mass is 10.1. The highest BCUT2D eigenvalue weighted by atomic mass is 32.1. The summed E-state index contributed by atoms with van der Waals surface area (Å²) < 4.78 is 11.3. The van der Waals surface area contributed by atoms with E-state index in [1.165, 1.54) is 11.3 Å². The van der Waals surface area contributed by atoms with Gasteiger partial charge < -0.3 is 14.6 Å². The summed E-state index contributed by atoms with van der Waals surface area (Å²) in [6, 6.07) is 11.3. The predicted octanol–water partition coefficient (Wildman–Crippen LogP) is 2.62. The molecule has 2 unspecified atom stereocenters. The lowest BCUT2D eigenvalue weighted by molar-refractivity contribution is -0.00959. The summed E-state index contributed by atoms with van der Waals surface area (Å²) in [7, 11) is 0. The van der Waals surface area contributed by atoms with Gasteiger partial charge in [-0.05, 0) is 23.6 Å². The molecule has 0 saturated heterocycles. The van der Waals surface area contributed by atoms with E-state index in [0.29, 0.717) is 12.4 Å². The first-order valence-electron chi connectivity index (χ1n) is 5.44. The summed E-state index contributed by atoms with van der Waals surface area (Å²) in [6.45, 7) is 0.371. The van der Waals surface area contributed by atoms with Gasteiger partial charge in [-0.1, -0.05) is 18.2 Å². The average molecular weight is 248 g/mol. The molecular formula is C13H12O3S. The molecular weight excluding hydrogens is 236 g/mol. The number of hydrogen-bond acceptors (Lipinski definition) is 4. The number of hydrogen-bond donors (Lipinski definition) is 1. The van der Waals surface area contributed by atoms with Crippen LogP contribution in [0.15, 0.2) is 41.8 Å². The second-order valence-electron chi connectivity index (χ2n) is 3.87. The zero-order valence-electron chi connectivity index (χ0n) is 9.08.